The van der Waals surface area contributed by atoms with Crippen LogP contribution >= 0.6 is 0 Å². The van der Waals surface area contributed by atoms with Crippen LogP contribution in [0, 0.1) is 10.1 Å². The third kappa shape index (κ3) is 3.18. The fourth-order valence-corrected chi connectivity index (χ4v) is 3.31. The molecule has 2 N–H and O–H groups in total. The lowest BCUT2D eigenvalue weighted by Gasteiger charge is -2.12. The zero-order valence-corrected chi connectivity index (χ0v) is 15.5. The van der Waals surface area contributed by atoms with Crippen LogP contribution in [0.5, 0.6) is 11.5 Å². The maximum Gasteiger partial charge on any atom is 0.353 e. The smallest absolute Gasteiger partial charge is 0.353 e. The van der Waals surface area contributed by atoms with Gasteiger partial charge < -0.3 is 20.1 Å². The number of benzene rings is 3. The van der Waals surface area contributed by atoms with Gasteiger partial charge in [-0.3, -0.25) is 10.1 Å². The first kappa shape index (κ1) is 17.7. The molecule has 3 aromatic carbocycles. The summed E-state index contributed by atoms with van der Waals surface area (Å²) in [7, 11) is 0. The molecule has 0 bridgehead atoms. The summed E-state index contributed by atoms with van der Waals surface area (Å²) in [5, 5.41) is 19.9. The van der Waals surface area contributed by atoms with Crippen molar-refractivity contribution >= 4 is 39.5 Å². The Hall–Kier alpha value is -4.40. The lowest BCUT2D eigenvalue weighted by atomic mass is 10.1. The van der Waals surface area contributed by atoms with Crippen molar-refractivity contribution in [3.8, 4) is 11.5 Å². The molecule has 2 heterocycles. The van der Waals surface area contributed by atoms with Crippen LogP contribution in [0.4, 0.5) is 28.7 Å². The van der Waals surface area contributed by atoms with E-state index in [0.29, 0.717) is 22.9 Å². The van der Waals surface area contributed by atoms with E-state index in [0.717, 1.165) is 10.8 Å². The molecule has 1 aromatic heterocycles. The predicted molar refractivity (Wildman–Crippen MR) is 112 cm³/mol. The standard InChI is InChI=1S/C21H15N5O4/c27-26(28)19-20(24-14-8-9-17-18(10-14)30-12-29-17)22-11-23-21(19)25-16-7-3-5-13-4-1-2-6-15(13)16/h1-11H,12H2,(H2,22,23,24,25). The second-order valence-electron chi connectivity index (χ2n) is 6.52. The van der Waals surface area contributed by atoms with Crippen LogP contribution in [0.1, 0.15) is 0 Å². The van der Waals surface area contributed by atoms with Gasteiger partial charge in [0.05, 0.1) is 4.92 Å². The minimum atomic E-state index is -0.511. The van der Waals surface area contributed by atoms with Crippen LogP contribution in [0.2, 0.25) is 0 Å². The lowest BCUT2D eigenvalue weighted by molar-refractivity contribution is -0.383. The molecule has 0 saturated carbocycles. The Morgan fingerprint density at radius 2 is 1.67 bits per heavy atom. The average molecular weight is 401 g/mol. The first-order chi connectivity index (χ1) is 14.7. The van der Waals surface area contributed by atoms with E-state index in [2.05, 4.69) is 20.6 Å². The number of hydrogen-bond donors (Lipinski definition) is 2. The fraction of sp³-hybridized carbons (Fsp3) is 0.0476. The summed E-state index contributed by atoms with van der Waals surface area (Å²) < 4.78 is 10.6. The summed E-state index contributed by atoms with van der Waals surface area (Å²) in [5.74, 6) is 1.34. The van der Waals surface area contributed by atoms with Gasteiger partial charge in [0.15, 0.2) is 11.5 Å². The molecule has 0 saturated heterocycles. The van der Waals surface area contributed by atoms with Crippen LogP contribution in [-0.4, -0.2) is 21.7 Å². The molecule has 0 unspecified atom stereocenters. The molecule has 0 atom stereocenters. The Labute approximate surface area is 170 Å². The average Bonchev–Trinajstić information content (AvgIpc) is 3.22. The number of ether oxygens (including phenoxy) is 2. The molecule has 1 aliphatic heterocycles. The molecular formula is C21H15N5O4. The van der Waals surface area contributed by atoms with Crippen LogP contribution in [0.15, 0.2) is 67.0 Å². The van der Waals surface area contributed by atoms with Gasteiger partial charge in [-0.2, -0.15) is 0 Å². The zero-order chi connectivity index (χ0) is 20.5. The molecular weight excluding hydrogens is 386 g/mol. The Bertz CT molecular complexity index is 1270. The Morgan fingerprint density at radius 1 is 0.900 bits per heavy atom. The maximum atomic E-state index is 11.9. The third-order valence-electron chi connectivity index (χ3n) is 4.68. The van der Waals surface area contributed by atoms with Crippen molar-refractivity contribution in [1.29, 1.82) is 0 Å². The molecule has 30 heavy (non-hydrogen) atoms. The molecule has 9 heteroatoms. The van der Waals surface area contributed by atoms with E-state index < -0.39 is 4.92 Å². The summed E-state index contributed by atoms with van der Waals surface area (Å²) in [6, 6.07) is 18.6. The molecule has 4 aromatic rings. The highest BCUT2D eigenvalue weighted by atomic mass is 16.7. The Kier molecular flexibility index (Phi) is 4.25. The van der Waals surface area contributed by atoms with Crippen LogP contribution in [0.3, 0.4) is 0 Å². The van der Waals surface area contributed by atoms with E-state index >= 15 is 0 Å². The molecule has 1 aliphatic rings. The van der Waals surface area contributed by atoms with Gasteiger partial charge in [0.25, 0.3) is 0 Å². The van der Waals surface area contributed by atoms with Gasteiger partial charge in [-0.25, -0.2) is 9.97 Å². The van der Waals surface area contributed by atoms with Gasteiger partial charge in [-0.15, -0.1) is 0 Å². The highest BCUT2D eigenvalue weighted by Crippen LogP contribution is 2.38. The second-order valence-corrected chi connectivity index (χ2v) is 6.52. The number of nitrogens with one attached hydrogen (secondary N) is 2. The number of nitrogens with zero attached hydrogens (tertiary/aromatic N) is 3. The van der Waals surface area contributed by atoms with E-state index in [4.69, 9.17) is 9.47 Å². The van der Waals surface area contributed by atoms with Crippen molar-refractivity contribution in [2.45, 2.75) is 0 Å². The number of hydrogen-bond acceptors (Lipinski definition) is 8. The molecule has 0 radical (unpaired) electrons. The molecule has 148 valence electrons. The van der Waals surface area contributed by atoms with E-state index in [1.54, 1.807) is 18.2 Å². The van der Waals surface area contributed by atoms with E-state index in [-0.39, 0.29) is 24.1 Å². The summed E-state index contributed by atoms with van der Waals surface area (Å²) in [6.07, 6.45) is 1.27. The van der Waals surface area contributed by atoms with Crippen molar-refractivity contribution in [1.82, 2.24) is 9.97 Å². The molecule has 0 fully saturated rings. The number of fused-ring (bicyclic) bond motifs is 2. The first-order valence-corrected chi connectivity index (χ1v) is 9.10. The molecule has 0 amide bonds. The molecule has 9 nitrogen and oxygen atoms in total. The van der Waals surface area contributed by atoms with Crippen molar-refractivity contribution in [3.05, 3.63) is 77.1 Å². The predicted octanol–water partition coefficient (Wildman–Crippen LogP) is 4.75. The fourth-order valence-electron chi connectivity index (χ4n) is 3.31. The Balaban J connectivity index is 1.53. The Morgan fingerprint density at radius 3 is 2.53 bits per heavy atom. The zero-order valence-electron chi connectivity index (χ0n) is 15.5. The van der Waals surface area contributed by atoms with Crippen molar-refractivity contribution in [2.24, 2.45) is 0 Å². The SMILES string of the molecule is O=[N+]([O-])c1c(Nc2ccc3c(c2)OCO3)ncnc1Nc1cccc2ccccc12. The largest absolute Gasteiger partial charge is 0.454 e. The van der Waals surface area contributed by atoms with E-state index in [1.807, 2.05) is 42.5 Å². The highest BCUT2D eigenvalue weighted by molar-refractivity contribution is 5.96. The molecule has 0 aliphatic carbocycles. The number of rotatable bonds is 5. The maximum absolute atomic E-state index is 11.9. The third-order valence-corrected chi connectivity index (χ3v) is 4.68. The number of aromatic nitrogens is 2. The van der Waals surface area contributed by atoms with Crippen molar-refractivity contribution in [3.63, 3.8) is 0 Å². The van der Waals surface area contributed by atoms with Gasteiger partial charge in [0.1, 0.15) is 6.33 Å². The summed E-state index contributed by atoms with van der Waals surface area (Å²) in [4.78, 5) is 19.6. The monoisotopic (exact) mass is 401 g/mol. The summed E-state index contributed by atoms with van der Waals surface area (Å²) in [5.41, 5.74) is 1.03. The van der Waals surface area contributed by atoms with Crippen LogP contribution < -0.4 is 20.1 Å². The van der Waals surface area contributed by atoms with Gasteiger partial charge in [0.2, 0.25) is 18.4 Å². The quantitative estimate of drug-likeness (QED) is 0.364. The van der Waals surface area contributed by atoms with Gasteiger partial charge in [0, 0.05) is 22.8 Å². The van der Waals surface area contributed by atoms with Crippen LogP contribution in [0.25, 0.3) is 10.8 Å². The van der Waals surface area contributed by atoms with Gasteiger partial charge in [-0.1, -0.05) is 36.4 Å². The van der Waals surface area contributed by atoms with E-state index in [9.17, 15) is 10.1 Å². The highest BCUT2D eigenvalue weighted by Gasteiger charge is 2.24. The minimum absolute atomic E-state index is 0.0663. The molecule has 5 rings (SSSR count). The number of anilines is 4. The molecule has 0 spiro atoms. The normalized spacial score (nSPS) is 12.0. The second kappa shape index (κ2) is 7.21. The van der Waals surface area contributed by atoms with Gasteiger partial charge >= 0.3 is 5.69 Å². The summed E-state index contributed by atoms with van der Waals surface area (Å²) in [6.45, 7) is 0.144. The lowest BCUT2D eigenvalue weighted by Crippen LogP contribution is -2.05. The van der Waals surface area contributed by atoms with Crippen LogP contribution in [-0.2, 0) is 0 Å². The number of nitro groups is 1. The van der Waals surface area contributed by atoms with Gasteiger partial charge in [-0.05, 0) is 23.6 Å². The summed E-state index contributed by atoms with van der Waals surface area (Å²) >= 11 is 0. The minimum Gasteiger partial charge on any atom is -0.454 e. The first-order valence-electron chi connectivity index (χ1n) is 9.10. The van der Waals surface area contributed by atoms with Crippen molar-refractivity contribution < 1.29 is 14.4 Å². The van der Waals surface area contributed by atoms with E-state index in [1.165, 1.54) is 6.33 Å². The van der Waals surface area contributed by atoms with Crippen molar-refractivity contribution in [2.75, 3.05) is 17.4 Å². The topological polar surface area (TPSA) is 111 Å².